The fraction of sp³-hybridized carbons (Fsp3) is 0.867. The lowest BCUT2D eigenvalue weighted by atomic mass is 9.56. The number of hydrogen-bond donors (Lipinski definition) is 2. The molecule has 17 heavy (non-hydrogen) atoms. The first-order valence-corrected chi connectivity index (χ1v) is 6.91. The van der Waals surface area contributed by atoms with Crippen LogP contribution in [0.2, 0.25) is 0 Å². The molecule has 2 bridgehead atoms. The first kappa shape index (κ1) is 11.7. The van der Waals surface area contributed by atoms with Crippen molar-refractivity contribution in [2.75, 3.05) is 6.61 Å². The Labute approximate surface area is 104 Å². The molecular weight excluding hydrogens is 212 g/mol. The normalized spacial score (nSPS) is 51.6. The van der Waals surface area contributed by atoms with Crippen LogP contribution in [0.5, 0.6) is 0 Å². The van der Waals surface area contributed by atoms with Gasteiger partial charge < -0.3 is 10.2 Å². The van der Waals surface area contributed by atoms with E-state index >= 15 is 0 Å². The summed E-state index contributed by atoms with van der Waals surface area (Å²) in [6.07, 6.45) is 4.10. The topological polar surface area (TPSA) is 40.5 Å². The molecule has 2 heteroatoms. The zero-order valence-electron chi connectivity index (χ0n) is 10.9. The van der Waals surface area contributed by atoms with Crippen LogP contribution >= 0.6 is 0 Å². The summed E-state index contributed by atoms with van der Waals surface area (Å²) in [5, 5.41) is 19.8. The van der Waals surface area contributed by atoms with E-state index in [1.807, 2.05) is 0 Å². The number of hydrogen-bond acceptors (Lipinski definition) is 2. The van der Waals surface area contributed by atoms with E-state index in [2.05, 4.69) is 20.4 Å². The van der Waals surface area contributed by atoms with E-state index in [1.165, 1.54) is 24.8 Å². The minimum atomic E-state index is -0.325. The molecule has 3 rings (SSSR count). The number of aliphatic hydroxyl groups excluding tert-OH is 2. The van der Waals surface area contributed by atoms with Gasteiger partial charge in [0.15, 0.2) is 0 Å². The van der Waals surface area contributed by atoms with Crippen LogP contribution < -0.4 is 0 Å². The summed E-state index contributed by atoms with van der Waals surface area (Å²) in [6.45, 7) is 9.12. The maximum absolute atomic E-state index is 10.2. The van der Waals surface area contributed by atoms with Crippen molar-refractivity contribution in [2.45, 2.75) is 45.6 Å². The van der Waals surface area contributed by atoms with E-state index in [4.69, 9.17) is 0 Å². The lowest BCUT2D eigenvalue weighted by molar-refractivity contribution is 0.0118. The summed E-state index contributed by atoms with van der Waals surface area (Å²) in [6, 6.07) is 0. The molecule has 2 nitrogen and oxygen atoms in total. The third-order valence-corrected chi connectivity index (χ3v) is 6.42. The van der Waals surface area contributed by atoms with Crippen molar-refractivity contribution in [1.82, 2.24) is 0 Å². The zero-order chi connectivity index (χ0) is 12.4. The Bertz CT molecular complexity index is 360. The zero-order valence-corrected chi connectivity index (χ0v) is 10.9. The minimum absolute atomic E-state index is 0.0883. The Morgan fingerprint density at radius 2 is 2.12 bits per heavy atom. The van der Waals surface area contributed by atoms with E-state index in [9.17, 15) is 10.2 Å². The van der Waals surface area contributed by atoms with Crippen LogP contribution in [-0.4, -0.2) is 22.9 Å². The second kappa shape index (κ2) is 3.36. The van der Waals surface area contributed by atoms with Crippen LogP contribution in [0, 0.1) is 28.6 Å². The Kier molecular flexibility index (Phi) is 2.32. The van der Waals surface area contributed by atoms with Gasteiger partial charge in [0, 0.05) is 12.5 Å². The van der Waals surface area contributed by atoms with Crippen molar-refractivity contribution in [3.8, 4) is 0 Å². The molecular formula is C15H24O2. The van der Waals surface area contributed by atoms with Gasteiger partial charge in [-0.2, -0.15) is 0 Å². The maximum Gasteiger partial charge on any atom is 0.0601 e. The second-order valence-electron chi connectivity index (χ2n) is 7.06. The third kappa shape index (κ3) is 1.23. The van der Waals surface area contributed by atoms with Crippen molar-refractivity contribution in [2.24, 2.45) is 28.6 Å². The summed E-state index contributed by atoms with van der Waals surface area (Å²) in [7, 11) is 0. The molecule has 0 saturated heterocycles. The van der Waals surface area contributed by atoms with Crippen molar-refractivity contribution in [3.05, 3.63) is 12.2 Å². The van der Waals surface area contributed by atoms with E-state index in [-0.39, 0.29) is 29.5 Å². The Hall–Kier alpha value is -0.340. The smallest absolute Gasteiger partial charge is 0.0601 e. The molecule has 3 fully saturated rings. The molecule has 3 saturated carbocycles. The lowest BCUT2D eigenvalue weighted by Gasteiger charge is -2.48. The average molecular weight is 236 g/mol. The molecule has 0 amide bonds. The fourth-order valence-electron chi connectivity index (χ4n) is 5.16. The van der Waals surface area contributed by atoms with Crippen LogP contribution in [0.4, 0.5) is 0 Å². The maximum atomic E-state index is 10.2. The molecule has 0 aromatic rings. The Balaban J connectivity index is 2.05. The fourth-order valence-corrected chi connectivity index (χ4v) is 5.16. The van der Waals surface area contributed by atoms with E-state index < -0.39 is 0 Å². The molecule has 0 aromatic heterocycles. The van der Waals surface area contributed by atoms with Gasteiger partial charge >= 0.3 is 0 Å². The number of allylic oxidation sites excluding steroid dienone is 1. The summed E-state index contributed by atoms with van der Waals surface area (Å²) in [5.74, 6) is 1.22. The first-order valence-electron chi connectivity index (χ1n) is 6.91. The standard InChI is InChI=1S/C15H24O2/c1-9-11-6-13(17)12(8-16)15(11)5-4-10(7-15)14(9,2)3/h10-13,16-17H,1,4-8H2,2-3H3/t10-,11-,12?,13?,15-/m1/s1. The van der Waals surface area contributed by atoms with Crippen LogP contribution in [0.25, 0.3) is 0 Å². The molecule has 5 atom stereocenters. The van der Waals surface area contributed by atoms with Crippen LogP contribution in [0.3, 0.4) is 0 Å². The quantitative estimate of drug-likeness (QED) is 0.686. The average Bonchev–Trinajstić information content (AvgIpc) is 2.80. The van der Waals surface area contributed by atoms with Gasteiger partial charge in [-0.3, -0.25) is 0 Å². The van der Waals surface area contributed by atoms with Crippen molar-refractivity contribution >= 4 is 0 Å². The largest absolute Gasteiger partial charge is 0.396 e. The summed E-state index contributed by atoms with van der Waals surface area (Å²) in [5.41, 5.74) is 1.72. The lowest BCUT2D eigenvalue weighted by Crippen LogP contribution is -2.42. The van der Waals surface area contributed by atoms with Gasteiger partial charge in [-0.05, 0) is 48.3 Å². The monoisotopic (exact) mass is 236 g/mol. The Morgan fingerprint density at radius 1 is 1.41 bits per heavy atom. The molecule has 0 aromatic carbocycles. The molecule has 0 radical (unpaired) electrons. The van der Waals surface area contributed by atoms with Gasteiger partial charge in [-0.15, -0.1) is 0 Å². The first-order chi connectivity index (χ1) is 7.93. The van der Waals surface area contributed by atoms with Crippen molar-refractivity contribution < 1.29 is 10.2 Å². The van der Waals surface area contributed by atoms with Gasteiger partial charge in [-0.25, -0.2) is 0 Å². The minimum Gasteiger partial charge on any atom is -0.396 e. The molecule has 1 spiro atoms. The van der Waals surface area contributed by atoms with Crippen LogP contribution in [0.15, 0.2) is 12.2 Å². The second-order valence-corrected chi connectivity index (χ2v) is 7.06. The van der Waals surface area contributed by atoms with Crippen LogP contribution in [-0.2, 0) is 0 Å². The highest BCUT2D eigenvalue weighted by Gasteiger charge is 2.64. The van der Waals surface area contributed by atoms with Crippen LogP contribution in [0.1, 0.15) is 39.5 Å². The number of fused-ring (bicyclic) bond motifs is 1. The van der Waals surface area contributed by atoms with Gasteiger partial charge in [0.25, 0.3) is 0 Å². The molecule has 0 aliphatic heterocycles. The molecule has 3 aliphatic rings. The third-order valence-electron chi connectivity index (χ3n) is 6.42. The molecule has 3 aliphatic carbocycles. The van der Waals surface area contributed by atoms with Gasteiger partial charge in [-0.1, -0.05) is 26.0 Å². The van der Waals surface area contributed by atoms with E-state index in [0.717, 1.165) is 6.42 Å². The molecule has 0 heterocycles. The van der Waals surface area contributed by atoms with E-state index in [0.29, 0.717) is 11.8 Å². The van der Waals surface area contributed by atoms with Gasteiger partial charge in [0.1, 0.15) is 0 Å². The van der Waals surface area contributed by atoms with Gasteiger partial charge in [0.05, 0.1) is 6.10 Å². The van der Waals surface area contributed by atoms with E-state index in [1.54, 1.807) is 0 Å². The highest BCUT2D eigenvalue weighted by atomic mass is 16.3. The summed E-state index contributed by atoms with van der Waals surface area (Å²) in [4.78, 5) is 0. The SMILES string of the molecule is C=C1[C@H]2CC(O)C(CO)[C@@]23CC[C@H](C3)C1(C)C. The number of rotatable bonds is 1. The predicted octanol–water partition coefficient (Wildman–Crippen LogP) is 2.36. The predicted molar refractivity (Wildman–Crippen MR) is 67.4 cm³/mol. The molecule has 2 unspecified atom stereocenters. The highest BCUT2D eigenvalue weighted by Crippen LogP contribution is 2.69. The highest BCUT2D eigenvalue weighted by molar-refractivity contribution is 5.28. The van der Waals surface area contributed by atoms with Crippen molar-refractivity contribution in [3.63, 3.8) is 0 Å². The van der Waals surface area contributed by atoms with Crippen molar-refractivity contribution in [1.29, 1.82) is 0 Å². The molecule has 2 N–H and O–H groups in total. The summed E-state index contributed by atoms with van der Waals surface area (Å²) < 4.78 is 0. The summed E-state index contributed by atoms with van der Waals surface area (Å²) >= 11 is 0. The number of aliphatic hydroxyl groups is 2. The Morgan fingerprint density at radius 3 is 2.76 bits per heavy atom. The van der Waals surface area contributed by atoms with Gasteiger partial charge in [0.2, 0.25) is 0 Å². The molecule has 96 valence electrons.